The Hall–Kier alpha value is -0.0200. The molecule has 0 saturated heterocycles. The Bertz CT molecular complexity index is 299. The van der Waals surface area contributed by atoms with Crippen molar-refractivity contribution in [3.63, 3.8) is 0 Å². The molecule has 0 N–H and O–H groups in total. The molecule has 0 aromatic heterocycles. The minimum atomic E-state index is 0.424. The molecular weight excluding hydrogens is 308 g/mol. The third kappa shape index (κ3) is 2.99. The van der Waals surface area contributed by atoms with Gasteiger partial charge >= 0.3 is 0 Å². The van der Waals surface area contributed by atoms with Crippen molar-refractivity contribution < 1.29 is 4.74 Å². The van der Waals surface area contributed by atoms with E-state index < -0.39 is 0 Å². The average molecular weight is 322 g/mol. The quantitative estimate of drug-likeness (QED) is 0.731. The zero-order valence-corrected chi connectivity index (χ0v) is 11.6. The summed E-state index contributed by atoms with van der Waals surface area (Å²) in [6.45, 7) is 2.19. The Kier molecular flexibility index (Phi) is 4.96. The largest absolute Gasteiger partial charge is 0.497 e. The summed E-state index contributed by atoms with van der Waals surface area (Å²) in [7, 11) is 1.68. The number of alkyl halides is 1. The second kappa shape index (κ2) is 5.76. The van der Waals surface area contributed by atoms with Gasteiger partial charge in [0.05, 0.1) is 7.11 Å². The van der Waals surface area contributed by atoms with Gasteiger partial charge < -0.3 is 4.74 Å². The first kappa shape index (κ1) is 12.1. The standard InChI is InChI=1S/C11H14Br2O/c1-3-4-10(12)9-6-5-8(14-2)7-11(9)13/h5-7,10H,3-4H2,1-2H3. The highest BCUT2D eigenvalue weighted by Gasteiger charge is 2.10. The Labute approximate surface area is 102 Å². The second-order valence-electron chi connectivity index (χ2n) is 3.14. The Morgan fingerprint density at radius 1 is 1.43 bits per heavy atom. The van der Waals surface area contributed by atoms with Gasteiger partial charge in [0, 0.05) is 9.30 Å². The molecule has 14 heavy (non-hydrogen) atoms. The highest BCUT2D eigenvalue weighted by atomic mass is 79.9. The average Bonchev–Trinajstić information content (AvgIpc) is 2.17. The molecule has 0 aliphatic carbocycles. The number of benzene rings is 1. The SMILES string of the molecule is CCCC(Br)c1ccc(OC)cc1Br. The lowest BCUT2D eigenvalue weighted by atomic mass is 10.1. The number of rotatable bonds is 4. The maximum Gasteiger partial charge on any atom is 0.120 e. The van der Waals surface area contributed by atoms with Gasteiger partial charge in [0.25, 0.3) is 0 Å². The molecule has 0 spiro atoms. The zero-order chi connectivity index (χ0) is 10.6. The molecule has 0 heterocycles. The lowest BCUT2D eigenvalue weighted by Crippen LogP contribution is -1.92. The monoisotopic (exact) mass is 320 g/mol. The van der Waals surface area contributed by atoms with Gasteiger partial charge in [0.1, 0.15) is 5.75 Å². The molecule has 1 aromatic rings. The predicted octanol–water partition coefficient (Wildman–Crippen LogP) is 4.69. The molecule has 1 aromatic carbocycles. The Morgan fingerprint density at radius 3 is 2.64 bits per heavy atom. The van der Waals surface area contributed by atoms with E-state index in [1.165, 1.54) is 12.0 Å². The minimum absolute atomic E-state index is 0.424. The van der Waals surface area contributed by atoms with Gasteiger partial charge in [0.15, 0.2) is 0 Å². The van der Waals surface area contributed by atoms with E-state index in [1.54, 1.807) is 7.11 Å². The first-order valence-corrected chi connectivity index (χ1v) is 6.37. The van der Waals surface area contributed by atoms with Crippen LogP contribution in [0.25, 0.3) is 0 Å². The molecule has 0 aliphatic rings. The normalized spacial score (nSPS) is 12.6. The van der Waals surface area contributed by atoms with E-state index >= 15 is 0 Å². The lowest BCUT2D eigenvalue weighted by molar-refractivity contribution is 0.414. The molecule has 0 bridgehead atoms. The van der Waals surface area contributed by atoms with E-state index in [4.69, 9.17) is 4.74 Å². The molecular formula is C11H14Br2O. The highest BCUT2D eigenvalue weighted by molar-refractivity contribution is 9.11. The third-order valence-electron chi connectivity index (χ3n) is 2.09. The van der Waals surface area contributed by atoms with Gasteiger partial charge in [-0.25, -0.2) is 0 Å². The van der Waals surface area contributed by atoms with E-state index in [0.717, 1.165) is 16.6 Å². The molecule has 1 rings (SSSR count). The van der Waals surface area contributed by atoms with Crippen LogP contribution in [-0.2, 0) is 0 Å². The van der Waals surface area contributed by atoms with Crippen molar-refractivity contribution in [3.8, 4) is 5.75 Å². The van der Waals surface area contributed by atoms with Crippen LogP contribution in [0.3, 0.4) is 0 Å². The fourth-order valence-corrected chi connectivity index (χ4v) is 3.10. The van der Waals surface area contributed by atoms with E-state index in [2.05, 4.69) is 44.8 Å². The van der Waals surface area contributed by atoms with Crippen molar-refractivity contribution in [3.05, 3.63) is 28.2 Å². The first-order valence-electron chi connectivity index (χ1n) is 4.66. The van der Waals surface area contributed by atoms with Gasteiger partial charge in [-0.3, -0.25) is 0 Å². The topological polar surface area (TPSA) is 9.23 Å². The van der Waals surface area contributed by atoms with Gasteiger partial charge in [-0.1, -0.05) is 51.3 Å². The molecule has 1 nitrogen and oxygen atoms in total. The molecule has 78 valence electrons. The summed E-state index contributed by atoms with van der Waals surface area (Å²) in [5, 5.41) is 0. The fraction of sp³-hybridized carbons (Fsp3) is 0.455. The first-order chi connectivity index (χ1) is 6.69. The summed E-state index contributed by atoms with van der Waals surface area (Å²) in [4.78, 5) is 0.424. The minimum Gasteiger partial charge on any atom is -0.497 e. The van der Waals surface area contributed by atoms with Crippen LogP contribution in [-0.4, -0.2) is 7.11 Å². The van der Waals surface area contributed by atoms with Gasteiger partial charge in [-0.2, -0.15) is 0 Å². The van der Waals surface area contributed by atoms with Crippen LogP contribution in [0.4, 0.5) is 0 Å². The Morgan fingerprint density at radius 2 is 2.14 bits per heavy atom. The van der Waals surface area contributed by atoms with Crippen molar-refractivity contribution in [2.45, 2.75) is 24.6 Å². The summed E-state index contributed by atoms with van der Waals surface area (Å²) in [6.07, 6.45) is 2.32. The summed E-state index contributed by atoms with van der Waals surface area (Å²) >= 11 is 7.22. The number of methoxy groups -OCH3 is 1. The van der Waals surface area contributed by atoms with Crippen LogP contribution in [0.2, 0.25) is 0 Å². The smallest absolute Gasteiger partial charge is 0.120 e. The molecule has 1 atom stereocenters. The van der Waals surface area contributed by atoms with Crippen LogP contribution in [0.1, 0.15) is 30.2 Å². The van der Waals surface area contributed by atoms with Crippen molar-refractivity contribution in [2.75, 3.05) is 7.11 Å². The van der Waals surface area contributed by atoms with Gasteiger partial charge in [-0.05, 0) is 24.1 Å². The maximum atomic E-state index is 5.14. The molecule has 1 unspecified atom stereocenters. The highest BCUT2D eigenvalue weighted by Crippen LogP contribution is 2.34. The number of hydrogen-bond acceptors (Lipinski definition) is 1. The maximum absolute atomic E-state index is 5.14. The van der Waals surface area contributed by atoms with Crippen LogP contribution in [0, 0.1) is 0 Å². The molecule has 3 heteroatoms. The zero-order valence-electron chi connectivity index (χ0n) is 8.39. The fourth-order valence-electron chi connectivity index (χ4n) is 1.30. The number of halogens is 2. The predicted molar refractivity (Wildman–Crippen MR) is 67.3 cm³/mol. The third-order valence-corrected chi connectivity index (χ3v) is 3.73. The van der Waals surface area contributed by atoms with Gasteiger partial charge in [0.2, 0.25) is 0 Å². The number of ether oxygens (including phenoxy) is 1. The number of hydrogen-bond donors (Lipinski definition) is 0. The van der Waals surface area contributed by atoms with Crippen molar-refractivity contribution >= 4 is 31.9 Å². The van der Waals surface area contributed by atoms with Crippen LogP contribution < -0.4 is 4.74 Å². The summed E-state index contributed by atoms with van der Waals surface area (Å²) in [6, 6.07) is 6.08. The van der Waals surface area contributed by atoms with Gasteiger partial charge in [-0.15, -0.1) is 0 Å². The van der Waals surface area contributed by atoms with Crippen molar-refractivity contribution in [1.29, 1.82) is 0 Å². The van der Waals surface area contributed by atoms with Crippen molar-refractivity contribution in [2.24, 2.45) is 0 Å². The molecule has 0 amide bonds. The van der Waals surface area contributed by atoms with E-state index in [9.17, 15) is 0 Å². The van der Waals surface area contributed by atoms with E-state index in [0.29, 0.717) is 4.83 Å². The van der Waals surface area contributed by atoms with E-state index in [-0.39, 0.29) is 0 Å². The second-order valence-corrected chi connectivity index (χ2v) is 5.10. The van der Waals surface area contributed by atoms with Crippen molar-refractivity contribution in [1.82, 2.24) is 0 Å². The molecule has 0 saturated carbocycles. The summed E-state index contributed by atoms with van der Waals surface area (Å²) in [5.74, 6) is 0.886. The van der Waals surface area contributed by atoms with Crippen LogP contribution in [0.5, 0.6) is 5.75 Å². The van der Waals surface area contributed by atoms with Crippen LogP contribution >= 0.6 is 31.9 Å². The molecule has 0 aliphatic heterocycles. The lowest BCUT2D eigenvalue weighted by Gasteiger charge is -2.12. The Balaban J connectivity index is 2.88. The van der Waals surface area contributed by atoms with E-state index in [1.807, 2.05) is 12.1 Å². The summed E-state index contributed by atoms with van der Waals surface area (Å²) in [5.41, 5.74) is 1.28. The van der Waals surface area contributed by atoms with Crippen LogP contribution in [0.15, 0.2) is 22.7 Å². The molecule has 0 fully saturated rings. The summed E-state index contributed by atoms with van der Waals surface area (Å²) < 4.78 is 6.25. The molecule has 0 radical (unpaired) electrons.